The molecule has 2 unspecified atom stereocenters. The van der Waals surface area contributed by atoms with Crippen molar-refractivity contribution in [3.8, 4) is 17.2 Å². The van der Waals surface area contributed by atoms with Crippen LogP contribution in [0.5, 0.6) is 17.2 Å². The standard InChI is InChI=1S/C60H93N5O8P2/c1-53(2,3)41-29-38(30-42(47(41)66)54(4,5)6)35-61-50(67)62(36-39-31-43(55(7,8)9)48(44(32-39)56(10,11)12)72-74-64(25-27-70-74)59(19,20)21)52(69)63(51(61)68)37-40-33-45(57(13,14)15)49(46(34-40)58(16,17)18)73-75-65(26-28-71-75)60(22,23)24/h29-34,66H,25-28,35-37H2,1-24H3. The number of aromatic hydroxyl groups is 1. The molecule has 0 saturated carbocycles. The van der Waals surface area contributed by atoms with Crippen LogP contribution in [-0.4, -0.2) is 65.5 Å². The van der Waals surface area contributed by atoms with Gasteiger partial charge in [0.05, 0.1) is 32.8 Å². The van der Waals surface area contributed by atoms with Crippen molar-refractivity contribution in [2.45, 2.75) is 229 Å². The molecule has 1 aromatic heterocycles. The van der Waals surface area contributed by atoms with Crippen LogP contribution in [-0.2, 0) is 61.2 Å². The molecule has 4 aromatic rings. The van der Waals surface area contributed by atoms with Crippen LogP contribution in [0, 0.1) is 0 Å². The van der Waals surface area contributed by atoms with E-state index < -0.39 is 66.6 Å². The SMILES string of the molecule is CC(C)(C)c1cc(Cn2c(=O)n(Cc3cc(C(C)(C)C)c(OP4OCCN4C(C)(C)C)c(C(C)(C)C)c3)c(=O)n(Cc3cc(C(C)(C)C)c(OP4OCCN4C(C)(C)C)c(C(C)(C)C)c3)c2=O)cc(C(C)(C)C)c1O. The van der Waals surface area contributed by atoms with E-state index in [9.17, 15) is 5.11 Å². The number of benzene rings is 3. The zero-order valence-corrected chi connectivity index (χ0v) is 52.1. The number of phenolic OH excluding ortho intramolecular Hbond substituents is 1. The molecule has 416 valence electrons. The van der Waals surface area contributed by atoms with Crippen molar-refractivity contribution in [3.63, 3.8) is 0 Å². The van der Waals surface area contributed by atoms with Crippen molar-refractivity contribution in [1.29, 1.82) is 0 Å². The van der Waals surface area contributed by atoms with E-state index in [1.807, 2.05) is 53.7 Å². The number of aromatic nitrogens is 3. The van der Waals surface area contributed by atoms with Gasteiger partial charge in [0.25, 0.3) is 0 Å². The molecule has 3 heterocycles. The summed E-state index contributed by atoms with van der Waals surface area (Å²) < 4.78 is 34.9. The molecule has 2 saturated heterocycles. The Bertz CT molecular complexity index is 2690. The summed E-state index contributed by atoms with van der Waals surface area (Å²) in [7, 11) is -2.86. The summed E-state index contributed by atoms with van der Waals surface area (Å²) in [4.78, 5) is 46.0. The van der Waals surface area contributed by atoms with E-state index in [0.29, 0.717) is 29.9 Å². The van der Waals surface area contributed by atoms with Gasteiger partial charge >= 0.3 is 34.1 Å². The summed E-state index contributed by atoms with van der Waals surface area (Å²) in [6.45, 7) is 53.2. The third-order valence-corrected chi connectivity index (χ3v) is 17.9. The lowest BCUT2D eigenvalue weighted by molar-refractivity contribution is 0.267. The fourth-order valence-electron chi connectivity index (χ4n) is 9.73. The van der Waals surface area contributed by atoms with Crippen LogP contribution in [0.25, 0.3) is 0 Å². The molecule has 2 atom stereocenters. The van der Waals surface area contributed by atoms with Crippen molar-refractivity contribution in [2.75, 3.05) is 26.3 Å². The molecule has 75 heavy (non-hydrogen) atoms. The number of rotatable bonds is 10. The van der Waals surface area contributed by atoms with Gasteiger partial charge in [-0.1, -0.05) is 125 Å². The molecular formula is C60H93N5O8P2. The van der Waals surface area contributed by atoms with Crippen LogP contribution in [0.1, 0.15) is 216 Å². The average molecular weight is 1070 g/mol. The topological polar surface area (TPSA) is 130 Å². The summed E-state index contributed by atoms with van der Waals surface area (Å²) in [6, 6.07) is 12.0. The zero-order valence-electron chi connectivity index (χ0n) is 50.3. The smallest absolute Gasteiger partial charge is 0.336 e. The Hall–Kier alpha value is -3.83. The molecule has 6 rings (SSSR count). The van der Waals surface area contributed by atoms with Gasteiger partial charge in [-0.2, -0.15) is 0 Å². The fourth-order valence-corrected chi connectivity index (χ4v) is 13.0. The van der Waals surface area contributed by atoms with Crippen molar-refractivity contribution in [3.05, 3.63) is 118 Å². The van der Waals surface area contributed by atoms with E-state index in [1.54, 1.807) is 0 Å². The summed E-state index contributed by atoms with van der Waals surface area (Å²) in [5, 5.41) is 11.7. The Morgan fingerprint density at radius 1 is 0.413 bits per heavy atom. The Morgan fingerprint density at radius 2 is 0.640 bits per heavy atom. The van der Waals surface area contributed by atoms with E-state index in [4.69, 9.17) is 18.1 Å². The third-order valence-electron chi connectivity index (χ3n) is 14.0. The van der Waals surface area contributed by atoms with Gasteiger partial charge in [-0.15, -0.1) is 0 Å². The Morgan fingerprint density at radius 3 is 0.853 bits per heavy atom. The van der Waals surface area contributed by atoms with Crippen LogP contribution < -0.4 is 26.1 Å². The Kier molecular flexibility index (Phi) is 16.7. The molecule has 0 aliphatic carbocycles. The number of hydrogen-bond acceptors (Lipinski definition) is 10. The Balaban J connectivity index is 1.63. The van der Waals surface area contributed by atoms with Crippen molar-refractivity contribution in [2.24, 2.45) is 0 Å². The lowest BCUT2D eigenvalue weighted by Gasteiger charge is -2.36. The number of nitrogens with zero attached hydrogens (tertiary/aromatic N) is 5. The van der Waals surface area contributed by atoms with Crippen LogP contribution in [0.4, 0.5) is 0 Å². The average Bonchev–Trinajstić information content (AvgIpc) is 3.92. The lowest BCUT2D eigenvalue weighted by atomic mass is 9.78. The summed E-state index contributed by atoms with van der Waals surface area (Å²) >= 11 is 0. The minimum absolute atomic E-state index is 0.110. The maximum Gasteiger partial charge on any atom is 0.336 e. The minimum Gasteiger partial charge on any atom is -0.507 e. The van der Waals surface area contributed by atoms with Gasteiger partial charge < -0.3 is 23.2 Å². The van der Waals surface area contributed by atoms with E-state index in [0.717, 1.165) is 58.0 Å². The highest BCUT2D eigenvalue weighted by atomic mass is 31.2. The van der Waals surface area contributed by atoms with E-state index >= 15 is 14.4 Å². The molecule has 13 nitrogen and oxygen atoms in total. The lowest BCUT2D eigenvalue weighted by Crippen LogP contribution is -2.55. The maximum absolute atomic E-state index is 15.4. The van der Waals surface area contributed by atoms with Crippen LogP contribution in [0.2, 0.25) is 0 Å². The molecule has 0 radical (unpaired) electrons. The molecule has 0 amide bonds. The highest BCUT2D eigenvalue weighted by Crippen LogP contribution is 2.56. The second-order valence-electron chi connectivity index (χ2n) is 29.1. The van der Waals surface area contributed by atoms with Crippen LogP contribution >= 0.6 is 17.1 Å². The highest BCUT2D eigenvalue weighted by Gasteiger charge is 2.42. The normalized spacial score (nSPS) is 18.1. The maximum atomic E-state index is 15.4. The first-order chi connectivity index (χ1) is 33.9. The number of phenols is 1. The molecule has 15 heteroatoms. The van der Waals surface area contributed by atoms with Crippen LogP contribution in [0.15, 0.2) is 50.8 Å². The largest absolute Gasteiger partial charge is 0.507 e. The summed E-state index contributed by atoms with van der Waals surface area (Å²) in [6.07, 6.45) is 0. The van der Waals surface area contributed by atoms with Crippen molar-refractivity contribution < 1.29 is 23.2 Å². The van der Waals surface area contributed by atoms with Gasteiger partial charge in [-0.25, -0.2) is 37.4 Å². The second kappa shape index (κ2) is 20.8. The van der Waals surface area contributed by atoms with E-state index in [2.05, 4.69) is 158 Å². The molecule has 2 fully saturated rings. The number of hydrogen-bond donors (Lipinski definition) is 1. The fraction of sp³-hybridized carbons (Fsp3) is 0.650. The van der Waals surface area contributed by atoms with Gasteiger partial charge in [-0.05, 0) is 138 Å². The first-order valence-corrected chi connectivity index (χ1v) is 29.1. The predicted molar refractivity (Wildman–Crippen MR) is 310 cm³/mol. The van der Waals surface area contributed by atoms with E-state index in [-0.39, 0.29) is 36.5 Å². The summed E-state index contributed by atoms with van der Waals surface area (Å²) in [5.74, 6) is 1.69. The molecule has 3 aromatic carbocycles. The van der Waals surface area contributed by atoms with E-state index in [1.165, 1.54) is 13.7 Å². The van der Waals surface area contributed by atoms with Crippen LogP contribution in [0.3, 0.4) is 0 Å². The molecule has 1 N–H and O–H groups in total. The van der Waals surface area contributed by atoms with Gasteiger partial charge in [0.1, 0.15) is 17.2 Å². The highest BCUT2D eigenvalue weighted by molar-refractivity contribution is 7.45. The molecule has 2 aliphatic heterocycles. The van der Waals surface area contributed by atoms with Crippen molar-refractivity contribution in [1.82, 2.24) is 23.0 Å². The Labute approximate surface area is 452 Å². The monoisotopic (exact) mass is 1070 g/mol. The minimum atomic E-state index is -1.43. The van der Waals surface area contributed by atoms with Gasteiger partial charge in [-0.3, -0.25) is 0 Å². The zero-order chi connectivity index (χ0) is 56.7. The summed E-state index contributed by atoms with van der Waals surface area (Å²) in [5.41, 5.74) is 2.07. The molecule has 0 spiro atoms. The van der Waals surface area contributed by atoms with Gasteiger partial charge in [0.15, 0.2) is 0 Å². The first-order valence-electron chi connectivity index (χ1n) is 26.8. The molecule has 0 bridgehead atoms. The van der Waals surface area contributed by atoms with Gasteiger partial charge in [0.2, 0.25) is 0 Å². The molecular weight excluding hydrogens is 981 g/mol. The first kappa shape index (κ1) is 60.4. The third kappa shape index (κ3) is 13.4. The predicted octanol–water partition coefficient (Wildman–Crippen LogP) is 13.3. The quantitative estimate of drug-likeness (QED) is 0.153. The second-order valence-corrected chi connectivity index (χ2v) is 31.9. The molecule has 2 aliphatic rings. The van der Waals surface area contributed by atoms with Gasteiger partial charge in [0, 0.05) is 46.4 Å². The van der Waals surface area contributed by atoms with Crippen molar-refractivity contribution >= 4 is 17.1 Å².